The lowest BCUT2D eigenvalue weighted by atomic mass is 10.1. The highest BCUT2D eigenvalue weighted by Crippen LogP contribution is 2.33. The number of carbonyl (C=O) groups excluding carboxylic acids is 2. The highest BCUT2D eigenvalue weighted by Gasteiger charge is 2.41. The topological polar surface area (TPSA) is 71.5 Å². The minimum atomic E-state index is -0.284. The molecule has 3 rings (SSSR count). The third-order valence-corrected chi connectivity index (χ3v) is 3.74. The number of ether oxygens (including phenoxy) is 1. The van der Waals surface area contributed by atoms with Crippen LogP contribution in [0.4, 0.5) is 5.69 Å². The van der Waals surface area contributed by atoms with Crippen molar-refractivity contribution in [3.63, 3.8) is 0 Å². The summed E-state index contributed by atoms with van der Waals surface area (Å²) in [5.41, 5.74) is 0.539. The fourth-order valence-corrected chi connectivity index (χ4v) is 2.53. The van der Waals surface area contributed by atoms with Crippen molar-refractivity contribution in [1.29, 1.82) is 0 Å². The van der Waals surface area contributed by atoms with E-state index in [1.165, 1.54) is 7.11 Å². The zero-order valence-corrected chi connectivity index (χ0v) is 11.3. The van der Waals surface area contributed by atoms with E-state index in [1.807, 2.05) is 4.90 Å². The number of carbonyl (C=O) groups is 2. The largest absolute Gasteiger partial charge is 0.480 e. The SMILES string of the molecule is COc1ncccc1NC(=O)[C@@H]1CC(=O)N(C2CC2)C1. The maximum absolute atomic E-state index is 12.2. The molecule has 0 spiro atoms. The molecule has 2 fully saturated rings. The van der Waals surface area contributed by atoms with E-state index >= 15 is 0 Å². The predicted molar refractivity (Wildman–Crippen MR) is 72.3 cm³/mol. The lowest BCUT2D eigenvalue weighted by Gasteiger charge is -2.15. The molecule has 2 amide bonds. The van der Waals surface area contributed by atoms with Crippen LogP contribution in [0, 0.1) is 5.92 Å². The minimum Gasteiger partial charge on any atom is -0.480 e. The highest BCUT2D eigenvalue weighted by atomic mass is 16.5. The second-order valence-electron chi connectivity index (χ2n) is 5.23. The molecule has 2 aliphatic rings. The monoisotopic (exact) mass is 275 g/mol. The third-order valence-electron chi connectivity index (χ3n) is 3.74. The lowest BCUT2D eigenvalue weighted by molar-refractivity contribution is -0.128. The molecule has 0 radical (unpaired) electrons. The van der Waals surface area contributed by atoms with Crippen LogP contribution < -0.4 is 10.1 Å². The molecule has 1 aromatic rings. The Kier molecular flexibility index (Phi) is 3.30. The molecule has 0 aromatic carbocycles. The van der Waals surface area contributed by atoms with E-state index in [0.717, 1.165) is 12.8 Å². The fourth-order valence-electron chi connectivity index (χ4n) is 2.53. The van der Waals surface area contributed by atoms with Crippen LogP contribution in [0.2, 0.25) is 0 Å². The van der Waals surface area contributed by atoms with Gasteiger partial charge >= 0.3 is 0 Å². The van der Waals surface area contributed by atoms with Crippen LogP contribution in [-0.4, -0.2) is 41.4 Å². The zero-order chi connectivity index (χ0) is 14.1. The van der Waals surface area contributed by atoms with Gasteiger partial charge < -0.3 is 15.0 Å². The zero-order valence-electron chi connectivity index (χ0n) is 11.3. The van der Waals surface area contributed by atoms with E-state index < -0.39 is 0 Å². The molecule has 1 N–H and O–H groups in total. The fraction of sp³-hybridized carbons (Fsp3) is 0.500. The van der Waals surface area contributed by atoms with Crippen LogP contribution in [-0.2, 0) is 9.59 Å². The quantitative estimate of drug-likeness (QED) is 0.891. The van der Waals surface area contributed by atoms with Crippen molar-refractivity contribution in [2.24, 2.45) is 5.92 Å². The standard InChI is InChI=1S/C14H17N3O3/c1-20-14-11(3-2-6-15-14)16-13(19)9-7-12(18)17(8-9)10-4-5-10/h2-3,6,9-10H,4-5,7-8H2,1H3,(H,16,19)/t9-/m1/s1. The average molecular weight is 275 g/mol. The van der Waals surface area contributed by atoms with E-state index in [-0.39, 0.29) is 17.7 Å². The maximum Gasteiger partial charge on any atom is 0.237 e. The van der Waals surface area contributed by atoms with Crippen LogP contribution in [0.25, 0.3) is 0 Å². The van der Waals surface area contributed by atoms with Crippen molar-refractivity contribution in [2.75, 3.05) is 19.0 Å². The van der Waals surface area contributed by atoms with Gasteiger partial charge in [0, 0.05) is 25.2 Å². The van der Waals surface area contributed by atoms with Gasteiger partial charge in [-0.15, -0.1) is 0 Å². The van der Waals surface area contributed by atoms with Crippen LogP contribution in [0.15, 0.2) is 18.3 Å². The molecule has 1 saturated heterocycles. The maximum atomic E-state index is 12.2. The Labute approximate surface area is 117 Å². The van der Waals surface area contributed by atoms with Gasteiger partial charge in [-0.2, -0.15) is 0 Å². The smallest absolute Gasteiger partial charge is 0.237 e. The van der Waals surface area contributed by atoms with Crippen molar-refractivity contribution in [3.8, 4) is 5.88 Å². The second kappa shape index (κ2) is 5.11. The Hall–Kier alpha value is -2.11. The average Bonchev–Trinajstić information content (AvgIpc) is 3.22. The molecule has 1 aliphatic carbocycles. The summed E-state index contributed by atoms with van der Waals surface area (Å²) in [7, 11) is 1.51. The van der Waals surface area contributed by atoms with Crippen LogP contribution in [0.3, 0.4) is 0 Å². The Bertz CT molecular complexity index is 542. The van der Waals surface area contributed by atoms with Gasteiger partial charge in [0.25, 0.3) is 0 Å². The first-order valence-electron chi connectivity index (χ1n) is 6.78. The Morgan fingerprint density at radius 1 is 1.50 bits per heavy atom. The minimum absolute atomic E-state index is 0.0887. The number of hydrogen-bond donors (Lipinski definition) is 1. The first-order valence-corrected chi connectivity index (χ1v) is 6.78. The van der Waals surface area contributed by atoms with Gasteiger partial charge in [0.1, 0.15) is 5.69 Å². The molecule has 6 nitrogen and oxygen atoms in total. The van der Waals surface area contributed by atoms with E-state index in [4.69, 9.17) is 4.74 Å². The van der Waals surface area contributed by atoms with Gasteiger partial charge in [-0.3, -0.25) is 9.59 Å². The molecular weight excluding hydrogens is 258 g/mol. The van der Waals surface area contributed by atoms with Crippen molar-refractivity contribution in [1.82, 2.24) is 9.88 Å². The Balaban J connectivity index is 1.66. The Morgan fingerprint density at radius 2 is 2.30 bits per heavy atom. The molecule has 1 aliphatic heterocycles. The van der Waals surface area contributed by atoms with Crippen LogP contribution in [0.5, 0.6) is 5.88 Å². The molecule has 0 bridgehead atoms. The summed E-state index contributed by atoms with van der Waals surface area (Å²) in [4.78, 5) is 30.0. The molecule has 2 heterocycles. The van der Waals surface area contributed by atoms with E-state index in [1.54, 1.807) is 18.3 Å². The van der Waals surface area contributed by atoms with E-state index in [2.05, 4.69) is 10.3 Å². The second-order valence-corrected chi connectivity index (χ2v) is 5.23. The van der Waals surface area contributed by atoms with Gasteiger partial charge in [0.05, 0.1) is 13.0 Å². The van der Waals surface area contributed by atoms with Crippen molar-refractivity contribution in [2.45, 2.75) is 25.3 Å². The molecule has 1 saturated carbocycles. The number of anilines is 1. The number of likely N-dealkylation sites (tertiary alicyclic amines) is 1. The number of rotatable bonds is 4. The number of methoxy groups -OCH3 is 1. The number of nitrogens with zero attached hydrogens (tertiary/aromatic N) is 2. The number of hydrogen-bond acceptors (Lipinski definition) is 4. The number of nitrogens with one attached hydrogen (secondary N) is 1. The van der Waals surface area contributed by atoms with Crippen molar-refractivity contribution < 1.29 is 14.3 Å². The van der Waals surface area contributed by atoms with Gasteiger partial charge in [0.2, 0.25) is 17.7 Å². The first-order chi connectivity index (χ1) is 9.69. The van der Waals surface area contributed by atoms with Gasteiger partial charge in [-0.05, 0) is 25.0 Å². The normalized spacial score (nSPS) is 21.9. The summed E-state index contributed by atoms with van der Waals surface area (Å²) in [6.07, 6.45) is 4.03. The number of pyridine rings is 1. The number of amides is 2. The van der Waals surface area contributed by atoms with Crippen LogP contribution >= 0.6 is 0 Å². The molecule has 6 heteroatoms. The molecular formula is C14H17N3O3. The molecule has 1 aromatic heterocycles. The van der Waals surface area contributed by atoms with Gasteiger partial charge in [0.15, 0.2) is 0 Å². The summed E-state index contributed by atoms with van der Waals surface area (Å²) in [5, 5.41) is 2.80. The summed E-state index contributed by atoms with van der Waals surface area (Å²) < 4.78 is 5.10. The predicted octanol–water partition coefficient (Wildman–Crippen LogP) is 1.04. The molecule has 1 atom stereocenters. The number of aromatic nitrogens is 1. The van der Waals surface area contributed by atoms with Crippen molar-refractivity contribution in [3.05, 3.63) is 18.3 Å². The molecule has 0 unspecified atom stereocenters. The highest BCUT2D eigenvalue weighted by molar-refractivity contribution is 5.98. The van der Waals surface area contributed by atoms with Gasteiger partial charge in [-0.25, -0.2) is 4.98 Å². The van der Waals surface area contributed by atoms with Crippen LogP contribution in [0.1, 0.15) is 19.3 Å². The third kappa shape index (κ3) is 2.45. The summed E-state index contributed by atoms with van der Waals surface area (Å²) in [6, 6.07) is 3.83. The van der Waals surface area contributed by atoms with Gasteiger partial charge in [-0.1, -0.05) is 0 Å². The summed E-state index contributed by atoms with van der Waals surface area (Å²) in [6.45, 7) is 0.526. The molecule has 20 heavy (non-hydrogen) atoms. The first kappa shape index (κ1) is 12.9. The van der Waals surface area contributed by atoms with E-state index in [9.17, 15) is 9.59 Å². The summed E-state index contributed by atoms with van der Waals surface area (Å²) >= 11 is 0. The lowest BCUT2D eigenvalue weighted by Crippen LogP contribution is -2.30. The van der Waals surface area contributed by atoms with E-state index in [0.29, 0.717) is 30.6 Å². The van der Waals surface area contributed by atoms with Crippen molar-refractivity contribution >= 4 is 17.5 Å². The summed E-state index contributed by atoms with van der Waals surface area (Å²) in [5.74, 6) is 0.0378. The molecule has 106 valence electrons. The Morgan fingerprint density at radius 3 is 3.00 bits per heavy atom.